The highest BCUT2D eigenvalue weighted by atomic mass is 35.5. The zero-order chi connectivity index (χ0) is 25.1. The van der Waals surface area contributed by atoms with E-state index >= 15 is 0 Å². The molecule has 0 aliphatic rings. The molecule has 1 N–H and O–H groups in total. The molecule has 2 heterocycles. The molecule has 0 spiro atoms. The standard InChI is InChI=1S/C25H19Cl2N5O4/c1-33-16-6-3-14(4-7-16)25-31-23(32-36-25)12-35-22-11-20-17(10-21(22)34-2)24(29-13-28-20)30-15-5-8-18(26)19(27)9-15/h3-11,13H,12H2,1-2H3,(H,28,29,30). The monoisotopic (exact) mass is 523 g/mol. The number of nitrogens with zero attached hydrogens (tertiary/aromatic N) is 4. The number of anilines is 2. The third-order valence-electron chi connectivity index (χ3n) is 5.26. The topological polar surface area (TPSA) is 104 Å². The molecule has 3 aromatic carbocycles. The summed E-state index contributed by atoms with van der Waals surface area (Å²) < 4.78 is 22.0. The fourth-order valence-electron chi connectivity index (χ4n) is 3.45. The van der Waals surface area contributed by atoms with Crippen LogP contribution in [0.1, 0.15) is 5.82 Å². The number of fused-ring (bicyclic) bond motifs is 1. The molecule has 0 unspecified atom stereocenters. The van der Waals surface area contributed by atoms with Crippen molar-refractivity contribution < 1.29 is 18.7 Å². The number of halogens is 2. The SMILES string of the molecule is COc1ccc(-c2nc(COc3cc4ncnc(Nc5ccc(Cl)c(Cl)c5)c4cc3OC)no2)cc1. The lowest BCUT2D eigenvalue weighted by atomic mass is 10.2. The fraction of sp³-hybridized carbons (Fsp3) is 0.120. The zero-order valence-electron chi connectivity index (χ0n) is 19.2. The first-order valence-corrected chi connectivity index (χ1v) is 11.4. The Labute approximate surface area is 216 Å². The first-order valence-electron chi connectivity index (χ1n) is 10.7. The Morgan fingerprint density at radius 2 is 1.72 bits per heavy atom. The second-order valence-corrected chi connectivity index (χ2v) is 8.34. The lowest BCUT2D eigenvalue weighted by molar-refractivity contribution is 0.270. The molecule has 9 nitrogen and oxygen atoms in total. The molecule has 0 fully saturated rings. The first kappa shape index (κ1) is 23.7. The smallest absolute Gasteiger partial charge is 0.258 e. The summed E-state index contributed by atoms with van der Waals surface area (Å²) in [5, 5.41) is 8.88. The maximum atomic E-state index is 6.14. The largest absolute Gasteiger partial charge is 0.497 e. The van der Waals surface area contributed by atoms with Gasteiger partial charge < -0.3 is 24.1 Å². The van der Waals surface area contributed by atoms with E-state index in [9.17, 15) is 0 Å². The molecular formula is C25H19Cl2N5O4. The van der Waals surface area contributed by atoms with E-state index in [0.29, 0.717) is 44.6 Å². The summed E-state index contributed by atoms with van der Waals surface area (Å²) in [4.78, 5) is 13.1. The molecule has 0 saturated heterocycles. The lowest BCUT2D eigenvalue weighted by Gasteiger charge is -2.13. The van der Waals surface area contributed by atoms with Crippen molar-refractivity contribution >= 4 is 45.6 Å². The van der Waals surface area contributed by atoms with E-state index in [1.54, 1.807) is 38.5 Å². The van der Waals surface area contributed by atoms with Crippen LogP contribution in [0.2, 0.25) is 10.0 Å². The van der Waals surface area contributed by atoms with Crippen molar-refractivity contribution in [2.24, 2.45) is 0 Å². The summed E-state index contributed by atoms with van der Waals surface area (Å²) in [5.41, 5.74) is 2.15. The van der Waals surface area contributed by atoms with Crippen molar-refractivity contribution in [3.8, 4) is 28.7 Å². The molecule has 5 aromatic rings. The normalized spacial score (nSPS) is 10.9. The number of hydrogen-bond acceptors (Lipinski definition) is 9. The van der Waals surface area contributed by atoms with Crippen LogP contribution in [-0.4, -0.2) is 34.3 Å². The van der Waals surface area contributed by atoms with Crippen LogP contribution < -0.4 is 19.5 Å². The number of hydrogen-bond donors (Lipinski definition) is 1. The van der Waals surface area contributed by atoms with Gasteiger partial charge in [0, 0.05) is 22.7 Å². The molecule has 2 aromatic heterocycles. The predicted molar refractivity (Wildman–Crippen MR) is 136 cm³/mol. The van der Waals surface area contributed by atoms with Crippen LogP contribution in [0.5, 0.6) is 17.2 Å². The number of aromatic nitrogens is 4. The van der Waals surface area contributed by atoms with Crippen molar-refractivity contribution in [1.29, 1.82) is 0 Å². The van der Waals surface area contributed by atoms with Crippen molar-refractivity contribution in [3.05, 3.63) is 76.8 Å². The van der Waals surface area contributed by atoms with Crippen molar-refractivity contribution in [2.45, 2.75) is 6.61 Å². The first-order chi connectivity index (χ1) is 17.5. The molecule has 182 valence electrons. The van der Waals surface area contributed by atoms with Crippen molar-refractivity contribution in [1.82, 2.24) is 20.1 Å². The Bertz CT molecular complexity index is 1530. The maximum absolute atomic E-state index is 6.14. The molecule has 0 atom stereocenters. The summed E-state index contributed by atoms with van der Waals surface area (Å²) in [7, 11) is 3.16. The minimum Gasteiger partial charge on any atom is -0.497 e. The quantitative estimate of drug-likeness (QED) is 0.249. The van der Waals surface area contributed by atoms with Crippen LogP contribution in [0.3, 0.4) is 0 Å². The average molecular weight is 524 g/mol. The molecule has 0 aliphatic carbocycles. The molecule has 0 amide bonds. The van der Waals surface area contributed by atoms with E-state index < -0.39 is 0 Å². The third kappa shape index (κ3) is 4.98. The third-order valence-corrected chi connectivity index (χ3v) is 6.00. The highest BCUT2D eigenvalue weighted by Crippen LogP contribution is 2.36. The van der Waals surface area contributed by atoms with Gasteiger partial charge in [0.25, 0.3) is 5.89 Å². The second-order valence-electron chi connectivity index (χ2n) is 7.53. The van der Waals surface area contributed by atoms with Gasteiger partial charge in [-0.2, -0.15) is 4.98 Å². The van der Waals surface area contributed by atoms with Gasteiger partial charge in [0.15, 0.2) is 18.1 Å². The summed E-state index contributed by atoms with van der Waals surface area (Å²) in [6, 6.07) is 16.1. The average Bonchev–Trinajstić information content (AvgIpc) is 3.38. The summed E-state index contributed by atoms with van der Waals surface area (Å²) >= 11 is 12.2. The van der Waals surface area contributed by atoms with Crippen LogP contribution in [0.15, 0.2) is 65.4 Å². The van der Waals surface area contributed by atoms with E-state index in [1.807, 2.05) is 30.3 Å². The van der Waals surface area contributed by atoms with Gasteiger partial charge in [-0.05, 0) is 48.5 Å². The van der Waals surface area contributed by atoms with Gasteiger partial charge in [-0.3, -0.25) is 0 Å². The molecule has 0 radical (unpaired) electrons. The second kappa shape index (κ2) is 10.3. The number of benzene rings is 3. The molecule has 0 aliphatic heterocycles. The molecule has 0 saturated carbocycles. The summed E-state index contributed by atoms with van der Waals surface area (Å²) in [6.45, 7) is 0.0704. The minimum atomic E-state index is 0.0704. The van der Waals surface area contributed by atoms with Crippen molar-refractivity contribution in [3.63, 3.8) is 0 Å². The maximum Gasteiger partial charge on any atom is 0.258 e. The van der Waals surface area contributed by atoms with E-state index in [0.717, 1.165) is 22.4 Å². The van der Waals surface area contributed by atoms with Gasteiger partial charge in [-0.25, -0.2) is 9.97 Å². The Morgan fingerprint density at radius 1 is 0.889 bits per heavy atom. The fourth-order valence-corrected chi connectivity index (χ4v) is 3.75. The Kier molecular flexibility index (Phi) is 6.75. The van der Waals surface area contributed by atoms with Gasteiger partial charge in [-0.1, -0.05) is 28.4 Å². The number of methoxy groups -OCH3 is 2. The molecule has 36 heavy (non-hydrogen) atoms. The van der Waals surface area contributed by atoms with Gasteiger partial charge in [0.05, 0.1) is 29.8 Å². The highest BCUT2D eigenvalue weighted by Gasteiger charge is 2.15. The van der Waals surface area contributed by atoms with Crippen LogP contribution in [0, 0.1) is 0 Å². The van der Waals surface area contributed by atoms with Gasteiger partial charge in [-0.15, -0.1) is 0 Å². The minimum absolute atomic E-state index is 0.0704. The van der Waals surface area contributed by atoms with Crippen LogP contribution in [0.4, 0.5) is 11.5 Å². The van der Waals surface area contributed by atoms with Gasteiger partial charge >= 0.3 is 0 Å². The van der Waals surface area contributed by atoms with E-state index in [1.165, 1.54) is 6.33 Å². The molecular weight excluding hydrogens is 505 g/mol. The van der Waals surface area contributed by atoms with Gasteiger partial charge in [0.2, 0.25) is 5.82 Å². The molecule has 0 bridgehead atoms. The number of ether oxygens (including phenoxy) is 3. The summed E-state index contributed by atoms with van der Waals surface area (Å²) in [5.74, 6) is 3.04. The Morgan fingerprint density at radius 3 is 2.47 bits per heavy atom. The van der Waals surface area contributed by atoms with Crippen molar-refractivity contribution in [2.75, 3.05) is 19.5 Å². The number of nitrogens with one attached hydrogen (secondary N) is 1. The molecule has 5 rings (SSSR count). The lowest BCUT2D eigenvalue weighted by Crippen LogP contribution is -2.01. The number of rotatable bonds is 8. The summed E-state index contributed by atoms with van der Waals surface area (Å²) in [6.07, 6.45) is 1.46. The van der Waals surface area contributed by atoms with Crippen LogP contribution in [-0.2, 0) is 6.61 Å². The van der Waals surface area contributed by atoms with E-state index in [-0.39, 0.29) is 6.61 Å². The van der Waals surface area contributed by atoms with Crippen LogP contribution >= 0.6 is 23.2 Å². The predicted octanol–water partition coefficient (Wildman–Crippen LogP) is 6.33. The van der Waals surface area contributed by atoms with E-state index in [2.05, 4.69) is 25.4 Å². The Hall–Kier alpha value is -4.08. The Balaban J connectivity index is 1.36. The zero-order valence-corrected chi connectivity index (χ0v) is 20.7. The van der Waals surface area contributed by atoms with E-state index in [4.69, 9.17) is 41.9 Å². The van der Waals surface area contributed by atoms with Gasteiger partial charge in [0.1, 0.15) is 17.9 Å². The van der Waals surface area contributed by atoms with Crippen LogP contribution in [0.25, 0.3) is 22.4 Å². The molecule has 11 heteroatoms. The highest BCUT2D eigenvalue weighted by molar-refractivity contribution is 6.42.